The number of aromatic nitrogens is 1. The molecule has 0 fully saturated rings. The highest BCUT2D eigenvalue weighted by molar-refractivity contribution is 7.86. The predicted octanol–water partition coefficient (Wildman–Crippen LogP) is -1.74. The van der Waals surface area contributed by atoms with Crippen LogP contribution in [-0.4, -0.2) is 66.0 Å². The van der Waals surface area contributed by atoms with Crippen LogP contribution < -0.4 is 22.1 Å². The number of nitrogens with one attached hydrogen (secondary N) is 2. The maximum atomic E-state index is 12.9. The van der Waals surface area contributed by atoms with E-state index < -0.39 is 55.7 Å². The molecule has 1 aromatic heterocycles. The Morgan fingerprint density at radius 2 is 1.67 bits per heavy atom. The zero-order chi connectivity index (χ0) is 24.8. The second kappa shape index (κ2) is 10.2. The van der Waals surface area contributed by atoms with E-state index in [1.165, 1.54) is 22.8 Å². The van der Waals surface area contributed by atoms with Crippen LogP contribution in [0.15, 0.2) is 52.7 Å². The zero-order valence-corrected chi connectivity index (χ0v) is 18.2. The number of carbonyl (C=O) groups is 2. The molecule has 0 saturated heterocycles. The Hall–Kier alpha value is -3.80. The number of hydrogen-bond acceptors (Lipinski definition) is 7. The lowest BCUT2D eigenvalue weighted by Gasteiger charge is -2.14. The van der Waals surface area contributed by atoms with E-state index in [0.29, 0.717) is 0 Å². The molecule has 33 heavy (non-hydrogen) atoms. The van der Waals surface area contributed by atoms with Crippen molar-refractivity contribution >= 4 is 44.0 Å². The normalized spacial score (nSPS) is 12.1. The van der Waals surface area contributed by atoms with Crippen LogP contribution in [0.1, 0.15) is 20.7 Å². The third-order valence-electron chi connectivity index (χ3n) is 3.64. The molecule has 0 saturated carbocycles. The van der Waals surface area contributed by atoms with Crippen LogP contribution in [0.25, 0.3) is 5.69 Å². The van der Waals surface area contributed by atoms with Gasteiger partial charge >= 0.3 is 0 Å². The van der Waals surface area contributed by atoms with Crippen molar-refractivity contribution < 1.29 is 35.5 Å². The first-order valence-electron chi connectivity index (χ1n) is 8.66. The standard InChI is InChI=1S/C16H19N7O8S2/c17-15(18)21-13(24)10-3-4-11(12(7-10)23-5-1-2-6-23)14(25)22-16(19-8-32(26,27)28)20-9-33(29,30)31/h1-7H,8-9H2,(H,26,27,28)(H,29,30,31)(H4,17,18,21,24)(H2,19,20,22,25). The van der Waals surface area contributed by atoms with Crippen molar-refractivity contribution in [1.82, 2.24) is 15.2 Å². The molecule has 2 amide bonds. The van der Waals surface area contributed by atoms with E-state index >= 15 is 0 Å². The van der Waals surface area contributed by atoms with E-state index in [0.717, 1.165) is 0 Å². The Morgan fingerprint density at radius 1 is 1.03 bits per heavy atom. The third kappa shape index (κ3) is 8.33. The average Bonchev–Trinajstić information content (AvgIpc) is 3.22. The lowest BCUT2D eigenvalue weighted by atomic mass is 10.1. The van der Waals surface area contributed by atoms with Crippen molar-refractivity contribution in [2.24, 2.45) is 21.5 Å². The highest BCUT2D eigenvalue weighted by Crippen LogP contribution is 2.18. The first-order valence-corrected chi connectivity index (χ1v) is 11.9. The van der Waals surface area contributed by atoms with Crippen LogP contribution in [0.4, 0.5) is 0 Å². The minimum atomic E-state index is -4.61. The van der Waals surface area contributed by atoms with Crippen LogP contribution in [0.3, 0.4) is 0 Å². The van der Waals surface area contributed by atoms with Crippen LogP contribution in [-0.2, 0) is 20.2 Å². The summed E-state index contributed by atoms with van der Waals surface area (Å²) in [6.45, 7) is 0. The van der Waals surface area contributed by atoms with Gasteiger partial charge in [-0.1, -0.05) is 0 Å². The number of hydrogen-bond donors (Lipinski definition) is 6. The van der Waals surface area contributed by atoms with Crippen molar-refractivity contribution in [3.8, 4) is 5.69 Å². The summed E-state index contributed by atoms with van der Waals surface area (Å²) in [7, 11) is -9.18. The fourth-order valence-corrected chi connectivity index (χ4v) is 2.98. The first kappa shape index (κ1) is 25.5. The van der Waals surface area contributed by atoms with E-state index in [1.54, 1.807) is 24.5 Å². The van der Waals surface area contributed by atoms with E-state index in [4.69, 9.17) is 20.6 Å². The van der Waals surface area contributed by atoms with E-state index in [1.807, 2.05) is 5.32 Å². The molecule has 0 bridgehead atoms. The summed E-state index contributed by atoms with van der Waals surface area (Å²) >= 11 is 0. The maximum Gasteiger partial charge on any atom is 0.285 e. The number of nitrogens with zero attached hydrogens (tertiary/aromatic N) is 3. The molecule has 2 rings (SSSR count). The molecule has 15 nitrogen and oxygen atoms in total. The van der Waals surface area contributed by atoms with E-state index in [2.05, 4.69) is 15.3 Å². The molecule has 0 aliphatic heterocycles. The summed E-state index contributed by atoms with van der Waals surface area (Å²) in [5.41, 5.74) is 10.6. The second-order valence-corrected chi connectivity index (χ2v) is 9.11. The summed E-state index contributed by atoms with van der Waals surface area (Å²) < 4.78 is 63.1. The summed E-state index contributed by atoms with van der Waals surface area (Å²) in [6, 6.07) is 7.07. The number of benzene rings is 1. The number of nitrogens with two attached hydrogens (primary N) is 2. The van der Waals surface area contributed by atoms with Crippen molar-refractivity contribution in [2.75, 3.05) is 11.8 Å². The SMILES string of the molecule is NC(N)=NC(=O)c1ccc(C(=O)NC(=NCS(=O)(=O)O)NCS(=O)(=O)O)c(-n2cccc2)c1. The molecular formula is C16H19N7O8S2. The molecule has 178 valence electrons. The summed E-state index contributed by atoms with van der Waals surface area (Å²) in [5.74, 6) is -5.15. The summed E-state index contributed by atoms with van der Waals surface area (Å²) in [5, 5.41) is 4.18. The van der Waals surface area contributed by atoms with Gasteiger partial charge in [-0.05, 0) is 30.3 Å². The number of carbonyl (C=O) groups excluding carboxylic acids is 2. The molecule has 0 aliphatic carbocycles. The molecular weight excluding hydrogens is 482 g/mol. The van der Waals surface area contributed by atoms with Crippen molar-refractivity contribution in [3.05, 3.63) is 53.9 Å². The Balaban J connectivity index is 2.44. The average molecular weight is 502 g/mol. The van der Waals surface area contributed by atoms with Gasteiger partial charge in [0.15, 0.2) is 17.8 Å². The van der Waals surface area contributed by atoms with Crippen LogP contribution >= 0.6 is 0 Å². The lowest BCUT2D eigenvalue weighted by molar-refractivity contribution is 0.0971. The minimum Gasteiger partial charge on any atom is -0.370 e. The second-order valence-electron chi connectivity index (χ2n) is 6.24. The highest BCUT2D eigenvalue weighted by atomic mass is 32.2. The molecule has 2 aromatic rings. The maximum absolute atomic E-state index is 12.9. The molecule has 0 aliphatic rings. The molecule has 0 unspecified atom stereocenters. The molecule has 0 radical (unpaired) electrons. The summed E-state index contributed by atoms with van der Waals surface area (Å²) in [6.07, 6.45) is 3.12. The number of aliphatic imine (C=N–C) groups is 2. The van der Waals surface area contributed by atoms with Gasteiger partial charge in [-0.25, -0.2) is 4.99 Å². The van der Waals surface area contributed by atoms with E-state index in [-0.39, 0.29) is 16.8 Å². The predicted molar refractivity (Wildman–Crippen MR) is 117 cm³/mol. The first-order chi connectivity index (χ1) is 15.2. The van der Waals surface area contributed by atoms with Gasteiger partial charge in [-0.2, -0.15) is 21.8 Å². The van der Waals surface area contributed by atoms with Crippen LogP contribution in [0, 0.1) is 0 Å². The monoisotopic (exact) mass is 501 g/mol. The van der Waals surface area contributed by atoms with Crippen molar-refractivity contribution in [3.63, 3.8) is 0 Å². The quantitative estimate of drug-likeness (QED) is 0.141. The molecule has 0 spiro atoms. The van der Waals surface area contributed by atoms with Crippen molar-refractivity contribution in [1.29, 1.82) is 0 Å². The van der Waals surface area contributed by atoms with Gasteiger partial charge in [-0.15, -0.1) is 0 Å². The van der Waals surface area contributed by atoms with Gasteiger partial charge in [-0.3, -0.25) is 24.0 Å². The largest absolute Gasteiger partial charge is 0.370 e. The third-order valence-corrected chi connectivity index (χ3v) is 4.61. The van der Waals surface area contributed by atoms with Gasteiger partial charge in [0, 0.05) is 18.0 Å². The molecule has 1 heterocycles. The number of rotatable bonds is 7. The number of guanidine groups is 2. The van der Waals surface area contributed by atoms with Crippen molar-refractivity contribution in [2.45, 2.75) is 0 Å². The van der Waals surface area contributed by atoms with Gasteiger partial charge < -0.3 is 21.4 Å². The fraction of sp³-hybridized carbons (Fsp3) is 0.125. The van der Waals surface area contributed by atoms with Gasteiger partial charge in [0.1, 0.15) is 5.88 Å². The molecule has 0 atom stereocenters. The number of amides is 2. The topological polar surface area (TPSA) is 249 Å². The Bertz CT molecular complexity index is 1310. The smallest absolute Gasteiger partial charge is 0.285 e. The Labute approximate surface area is 187 Å². The van der Waals surface area contributed by atoms with Gasteiger partial charge in [0.2, 0.25) is 0 Å². The Morgan fingerprint density at radius 3 is 2.21 bits per heavy atom. The van der Waals surface area contributed by atoms with Gasteiger partial charge in [0.05, 0.1) is 11.3 Å². The van der Waals surface area contributed by atoms with Gasteiger partial charge in [0.25, 0.3) is 32.1 Å². The fourth-order valence-electron chi connectivity index (χ4n) is 2.37. The molecule has 1 aromatic carbocycles. The minimum absolute atomic E-state index is 0.0356. The molecule has 17 heteroatoms. The summed E-state index contributed by atoms with van der Waals surface area (Å²) in [4.78, 5) is 31.8. The molecule has 8 N–H and O–H groups in total. The van der Waals surface area contributed by atoms with E-state index in [9.17, 15) is 26.4 Å². The Kier molecular flexibility index (Phi) is 7.88. The van der Waals surface area contributed by atoms with Crippen LogP contribution in [0.2, 0.25) is 0 Å². The highest BCUT2D eigenvalue weighted by Gasteiger charge is 2.19. The lowest BCUT2D eigenvalue weighted by Crippen LogP contribution is -2.43. The van der Waals surface area contributed by atoms with Crippen LogP contribution in [0.5, 0.6) is 0 Å². The zero-order valence-electron chi connectivity index (χ0n) is 16.6.